The minimum absolute atomic E-state index is 0.0631. The Hall–Kier alpha value is -2.04. The molecule has 2 heterocycles. The third kappa shape index (κ3) is 5.11. The molecule has 1 saturated heterocycles. The third-order valence-electron chi connectivity index (χ3n) is 6.70. The molecule has 1 saturated carbocycles. The molecule has 2 aromatic carbocycles. The molecule has 0 bridgehead atoms. The second-order valence-electron chi connectivity index (χ2n) is 8.85. The van der Waals surface area contributed by atoms with Crippen molar-refractivity contribution < 1.29 is 22.3 Å². The largest absolute Gasteiger partial charge is 0.487 e. The molecule has 35 heavy (non-hydrogen) atoms. The summed E-state index contributed by atoms with van der Waals surface area (Å²) in [5, 5.41) is 1.22. The van der Waals surface area contributed by atoms with Gasteiger partial charge in [-0.3, -0.25) is 9.62 Å². The Morgan fingerprint density at radius 1 is 1.06 bits per heavy atom. The van der Waals surface area contributed by atoms with Gasteiger partial charge in [0.2, 0.25) is 0 Å². The maximum Gasteiger partial charge on any atom is 0.265 e. The van der Waals surface area contributed by atoms with E-state index in [9.17, 15) is 8.42 Å². The summed E-state index contributed by atoms with van der Waals surface area (Å²) in [7, 11) is -4.26. The Morgan fingerprint density at radius 2 is 1.80 bits per heavy atom. The summed E-state index contributed by atoms with van der Waals surface area (Å²) in [6.07, 6.45) is 4.83. The molecule has 1 aromatic heterocycles. The number of rotatable bonds is 6. The van der Waals surface area contributed by atoms with Gasteiger partial charge in [-0.1, -0.05) is 29.3 Å². The maximum absolute atomic E-state index is 15.4. The van der Waals surface area contributed by atoms with Crippen molar-refractivity contribution in [1.82, 2.24) is 9.88 Å². The molecule has 0 amide bonds. The van der Waals surface area contributed by atoms with Crippen LogP contribution < -0.4 is 9.46 Å². The molecule has 0 unspecified atom stereocenters. The average molecular weight is 542 g/mol. The van der Waals surface area contributed by atoms with Crippen LogP contribution in [-0.4, -0.2) is 56.8 Å². The van der Waals surface area contributed by atoms with Crippen LogP contribution in [0, 0.1) is 5.82 Å². The van der Waals surface area contributed by atoms with E-state index >= 15 is 4.39 Å². The van der Waals surface area contributed by atoms with Gasteiger partial charge in [0.15, 0.2) is 11.6 Å². The topological polar surface area (TPSA) is 83.7 Å². The van der Waals surface area contributed by atoms with Crippen molar-refractivity contribution in [3.8, 4) is 5.75 Å². The molecule has 2 fully saturated rings. The van der Waals surface area contributed by atoms with Crippen LogP contribution in [0.3, 0.4) is 0 Å². The fourth-order valence-electron chi connectivity index (χ4n) is 4.89. The molecule has 3 aromatic rings. The van der Waals surface area contributed by atoms with Crippen LogP contribution in [0.25, 0.3) is 10.9 Å². The van der Waals surface area contributed by atoms with E-state index in [1.807, 2.05) is 0 Å². The average Bonchev–Trinajstić information content (AvgIpc) is 3.26. The number of sulfonamides is 1. The van der Waals surface area contributed by atoms with Gasteiger partial charge >= 0.3 is 0 Å². The predicted octanol–water partition coefficient (Wildman–Crippen LogP) is 5.44. The lowest BCUT2D eigenvalue weighted by molar-refractivity contribution is -0.00136. The summed E-state index contributed by atoms with van der Waals surface area (Å²) in [5.41, 5.74) is 0.624. The fourth-order valence-corrected chi connectivity index (χ4v) is 6.62. The van der Waals surface area contributed by atoms with E-state index in [-0.39, 0.29) is 17.5 Å². The number of anilines is 1. The number of hydrogen-bond donors (Lipinski definition) is 2. The van der Waals surface area contributed by atoms with Gasteiger partial charge in [0.1, 0.15) is 4.90 Å². The minimum atomic E-state index is -4.26. The Morgan fingerprint density at radius 3 is 2.54 bits per heavy atom. The van der Waals surface area contributed by atoms with Crippen LogP contribution >= 0.6 is 23.2 Å². The molecular weight excluding hydrogens is 516 g/mol. The minimum Gasteiger partial charge on any atom is -0.487 e. The van der Waals surface area contributed by atoms with Gasteiger partial charge in [0.25, 0.3) is 10.0 Å². The highest BCUT2D eigenvalue weighted by Crippen LogP contribution is 2.36. The highest BCUT2D eigenvalue weighted by molar-refractivity contribution is 7.92. The zero-order chi connectivity index (χ0) is 24.6. The summed E-state index contributed by atoms with van der Waals surface area (Å²) >= 11 is 12.3. The van der Waals surface area contributed by atoms with Gasteiger partial charge in [0.05, 0.1) is 40.6 Å². The number of morpholine rings is 1. The number of H-pyrrole nitrogens is 1. The number of nitrogens with one attached hydrogen (secondary N) is 2. The van der Waals surface area contributed by atoms with Gasteiger partial charge in [-0.05, 0) is 49.9 Å². The predicted molar refractivity (Wildman–Crippen MR) is 135 cm³/mol. The van der Waals surface area contributed by atoms with Gasteiger partial charge in [-0.25, -0.2) is 12.8 Å². The number of fused-ring (bicyclic) bond motifs is 1. The summed E-state index contributed by atoms with van der Waals surface area (Å²) in [6, 6.07) is 7.68. The van der Waals surface area contributed by atoms with Crippen molar-refractivity contribution in [2.75, 3.05) is 31.0 Å². The Labute approximate surface area is 213 Å². The Balaban J connectivity index is 1.30. The third-order valence-corrected chi connectivity index (χ3v) is 8.69. The van der Waals surface area contributed by atoms with Crippen molar-refractivity contribution in [3.05, 3.63) is 52.4 Å². The quantitative estimate of drug-likeness (QED) is 0.434. The normalized spacial score (nSPS) is 21.8. The summed E-state index contributed by atoms with van der Waals surface area (Å²) < 4.78 is 55.4. The van der Waals surface area contributed by atoms with Gasteiger partial charge < -0.3 is 14.5 Å². The Kier molecular flexibility index (Phi) is 7.14. The van der Waals surface area contributed by atoms with E-state index in [4.69, 9.17) is 32.7 Å². The van der Waals surface area contributed by atoms with Crippen LogP contribution in [0.5, 0.6) is 5.75 Å². The van der Waals surface area contributed by atoms with Crippen molar-refractivity contribution in [2.24, 2.45) is 0 Å². The summed E-state index contributed by atoms with van der Waals surface area (Å²) in [4.78, 5) is 4.87. The Bertz CT molecular complexity index is 1320. The van der Waals surface area contributed by atoms with Gasteiger partial charge in [-0.15, -0.1) is 0 Å². The van der Waals surface area contributed by atoms with E-state index in [2.05, 4.69) is 14.6 Å². The molecule has 0 radical (unpaired) electrons. The number of aromatic nitrogens is 1. The first kappa shape index (κ1) is 24.6. The van der Waals surface area contributed by atoms with E-state index < -0.39 is 20.7 Å². The number of halogens is 3. The molecule has 1 aliphatic heterocycles. The zero-order valence-corrected chi connectivity index (χ0v) is 21.2. The van der Waals surface area contributed by atoms with Crippen LogP contribution in [0.15, 0.2) is 41.4 Å². The van der Waals surface area contributed by atoms with E-state index in [0.29, 0.717) is 27.0 Å². The van der Waals surface area contributed by atoms with Crippen molar-refractivity contribution in [3.63, 3.8) is 0 Å². The van der Waals surface area contributed by atoms with Crippen LogP contribution in [0.1, 0.15) is 25.7 Å². The van der Waals surface area contributed by atoms with E-state index in [0.717, 1.165) is 52.0 Å². The molecule has 1 aliphatic carbocycles. The maximum atomic E-state index is 15.4. The fraction of sp³-hybridized carbons (Fsp3) is 0.417. The molecule has 188 valence electrons. The lowest BCUT2D eigenvalue weighted by Crippen LogP contribution is -2.46. The molecule has 0 spiro atoms. The smallest absolute Gasteiger partial charge is 0.265 e. The SMILES string of the molecule is O=S(=O)(Nc1ccc(Cl)c2c(Cl)c[nH]c12)c1cccc(OC2CCC(N3CCOCC3)CC2)c1F. The first-order valence-electron chi connectivity index (χ1n) is 11.6. The molecule has 2 aliphatic rings. The van der Waals surface area contributed by atoms with Crippen LogP contribution in [0.4, 0.5) is 10.1 Å². The number of ether oxygens (including phenoxy) is 2. The van der Waals surface area contributed by atoms with Crippen molar-refractivity contribution in [2.45, 2.75) is 42.7 Å². The van der Waals surface area contributed by atoms with E-state index in [1.165, 1.54) is 36.5 Å². The zero-order valence-electron chi connectivity index (χ0n) is 18.9. The monoisotopic (exact) mass is 541 g/mol. The number of benzene rings is 2. The highest BCUT2D eigenvalue weighted by Gasteiger charge is 2.29. The first-order valence-corrected chi connectivity index (χ1v) is 13.8. The highest BCUT2D eigenvalue weighted by atomic mass is 35.5. The molecule has 2 N–H and O–H groups in total. The summed E-state index contributed by atoms with van der Waals surface area (Å²) in [6.45, 7) is 3.39. The standard InChI is InChI=1S/C24H26Cl2FN3O4S/c25-17-8-9-19(24-22(17)18(26)14-28-24)29-35(31,32)21-3-1-2-20(23(21)27)34-16-6-4-15(5-7-16)30-10-12-33-13-11-30/h1-3,8-9,14-16,28-29H,4-7,10-13H2. The van der Waals surface area contributed by atoms with E-state index in [1.54, 1.807) is 0 Å². The number of hydrogen-bond acceptors (Lipinski definition) is 5. The van der Waals surface area contributed by atoms with Crippen LogP contribution in [0.2, 0.25) is 10.0 Å². The number of aromatic amines is 1. The molecule has 5 rings (SSSR count). The van der Waals surface area contributed by atoms with Crippen LogP contribution in [-0.2, 0) is 14.8 Å². The summed E-state index contributed by atoms with van der Waals surface area (Å²) in [5.74, 6) is -0.975. The molecule has 11 heteroatoms. The van der Waals surface area contributed by atoms with Crippen molar-refractivity contribution >= 4 is 49.8 Å². The molecule has 7 nitrogen and oxygen atoms in total. The second-order valence-corrected chi connectivity index (χ2v) is 11.3. The lowest BCUT2D eigenvalue weighted by Gasteiger charge is -2.38. The van der Waals surface area contributed by atoms with Crippen molar-refractivity contribution in [1.29, 1.82) is 0 Å². The molecule has 0 atom stereocenters. The first-order chi connectivity index (χ1) is 16.8. The van der Waals surface area contributed by atoms with Gasteiger partial charge in [-0.2, -0.15) is 0 Å². The number of nitrogens with zero attached hydrogens (tertiary/aromatic N) is 1. The second kappa shape index (κ2) is 10.1. The lowest BCUT2D eigenvalue weighted by atomic mass is 9.91. The van der Waals surface area contributed by atoms with Gasteiger partial charge in [0, 0.05) is 30.7 Å². The molecular formula is C24H26Cl2FN3O4S.